The van der Waals surface area contributed by atoms with Crippen LogP contribution in [0.4, 0.5) is 5.82 Å². The zero-order valence-electron chi connectivity index (χ0n) is 9.25. The van der Waals surface area contributed by atoms with Gasteiger partial charge in [0.2, 0.25) is 0 Å². The van der Waals surface area contributed by atoms with E-state index in [1.54, 1.807) is 24.1 Å². The number of pyridine rings is 1. The Kier molecular flexibility index (Phi) is 4.00. The average molecular weight is 242 g/mol. The first-order valence-electron chi connectivity index (χ1n) is 4.72. The van der Waals surface area contributed by atoms with Crippen molar-refractivity contribution in [2.45, 2.75) is 0 Å². The molecule has 0 fully saturated rings. The normalized spacial score (nSPS) is 11.1. The molecule has 0 saturated carbocycles. The van der Waals surface area contributed by atoms with E-state index < -0.39 is 9.84 Å². The summed E-state index contributed by atoms with van der Waals surface area (Å²) < 4.78 is 21.9. The summed E-state index contributed by atoms with van der Waals surface area (Å²) in [5.74, 6) is 0.731. The van der Waals surface area contributed by atoms with Crippen molar-refractivity contribution in [3.8, 4) is 0 Å². The molecule has 0 aliphatic rings. The summed E-state index contributed by atoms with van der Waals surface area (Å²) in [5.41, 5.74) is 0.500. The predicted octanol–water partition coefficient (Wildman–Crippen LogP) is 0.375. The number of aromatic nitrogens is 1. The van der Waals surface area contributed by atoms with Crippen LogP contribution >= 0.6 is 0 Å². The molecular formula is C10H14N2O3S. The number of rotatable bonds is 5. The van der Waals surface area contributed by atoms with Gasteiger partial charge in [0.25, 0.3) is 0 Å². The Morgan fingerprint density at radius 1 is 1.44 bits per heavy atom. The Bertz CT molecular complexity index is 453. The van der Waals surface area contributed by atoms with Crippen LogP contribution in [-0.4, -0.2) is 45.3 Å². The second-order valence-electron chi connectivity index (χ2n) is 3.62. The SMILES string of the molecule is CN(CCS(C)(=O)=O)c1ccc(C=O)cn1. The smallest absolute Gasteiger partial charge is 0.151 e. The number of sulfone groups is 1. The predicted molar refractivity (Wildman–Crippen MR) is 62.6 cm³/mol. The Hall–Kier alpha value is -1.43. The molecular weight excluding hydrogens is 228 g/mol. The zero-order valence-corrected chi connectivity index (χ0v) is 10.1. The van der Waals surface area contributed by atoms with Gasteiger partial charge in [-0.15, -0.1) is 0 Å². The lowest BCUT2D eigenvalue weighted by Gasteiger charge is -2.17. The quantitative estimate of drug-likeness (QED) is 0.698. The van der Waals surface area contributed by atoms with Crippen LogP contribution in [0.1, 0.15) is 10.4 Å². The van der Waals surface area contributed by atoms with Gasteiger partial charge in [0, 0.05) is 31.6 Å². The summed E-state index contributed by atoms with van der Waals surface area (Å²) in [5, 5.41) is 0. The van der Waals surface area contributed by atoms with Crippen molar-refractivity contribution in [2.75, 3.05) is 30.5 Å². The van der Waals surface area contributed by atoms with Gasteiger partial charge >= 0.3 is 0 Å². The van der Waals surface area contributed by atoms with Crippen LogP contribution in [0.3, 0.4) is 0 Å². The Labute approximate surface area is 95.0 Å². The van der Waals surface area contributed by atoms with Gasteiger partial charge in [-0.1, -0.05) is 0 Å². The van der Waals surface area contributed by atoms with Crippen LogP contribution in [-0.2, 0) is 9.84 Å². The van der Waals surface area contributed by atoms with Crippen LogP contribution in [0, 0.1) is 0 Å². The maximum Gasteiger partial charge on any atom is 0.151 e. The van der Waals surface area contributed by atoms with Crippen LogP contribution < -0.4 is 4.90 Å². The second-order valence-corrected chi connectivity index (χ2v) is 5.88. The third kappa shape index (κ3) is 3.98. The molecule has 0 amide bonds. The van der Waals surface area contributed by atoms with Gasteiger partial charge in [0.05, 0.1) is 5.75 Å². The molecule has 1 aromatic rings. The third-order valence-corrected chi connectivity index (χ3v) is 3.02. The fourth-order valence-corrected chi connectivity index (χ4v) is 1.72. The molecule has 0 aromatic carbocycles. The van der Waals surface area contributed by atoms with Gasteiger partial charge in [-0.05, 0) is 12.1 Å². The lowest BCUT2D eigenvalue weighted by atomic mass is 10.3. The van der Waals surface area contributed by atoms with Crippen molar-refractivity contribution in [2.24, 2.45) is 0 Å². The molecule has 6 heteroatoms. The van der Waals surface area contributed by atoms with E-state index in [9.17, 15) is 13.2 Å². The van der Waals surface area contributed by atoms with Gasteiger partial charge in [-0.2, -0.15) is 0 Å². The number of hydrogen-bond donors (Lipinski definition) is 0. The Morgan fingerprint density at radius 3 is 2.56 bits per heavy atom. The first kappa shape index (κ1) is 12.6. The molecule has 0 saturated heterocycles. The number of aldehydes is 1. The van der Waals surface area contributed by atoms with E-state index in [-0.39, 0.29) is 5.75 Å². The molecule has 0 spiro atoms. The van der Waals surface area contributed by atoms with Crippen LogP contribution in [0.25, 0.3) is 0 Å². The van der Waals surface area contributed by atoms with Crippen LogP contribution in [0.2, 0.25) is 0 Å². The van der Waals surface area contributed by atoms with E-state index in [0.717, 1.165) is 0 Å². The highest BCUT2D eigenvalue weighted by molar-refractivity contribution is 7.90. The summed E-state index contributed by atoms with van der Waals surface area (Å²) in [6.45, 7) is 0.381. The van der Waals surface area contributed by atoms with E-state index >= 15 is 0 Å². The molecule has 0 atom stereocenters. The zero-order chi connectivity index (χ0) is 12.2. The minimum Gasteiger partial charge on any atom is -0.359 e. The Morgan fingerprint density at radius 2 is 2.12 bits per heavy atom. The van der Waals surface area contributed by atoms with Crippen molar-refractivity contribution in [3.05, 3.63) is 23.9 Å². The molecule has 16 heavy (non-hydrogen) atoms. The van der Waals surface area contributed by atoms with Crippen molar-refractivity contribution in [1.82, 2.24) is 4.98 Å². The highest BCUT2D eigenvalue weighted by Gasteiger charge is 2.07. The maximum atomic E-state index is 11.0. The average Bonchev–Trinajstić information content (AvgIpc) is 2.25. The highest BCUT2D eigenvalue weighted by Crippen LogP contribution is 2.08. The molecule has 0 aliphatic carbocycles. The number of anilines is 1. The lowest BCUT2D eigenvalue weighted by molar-refractivity contribution is 0.112. The molecule has 88 valence electrons. The molecule has 5 nitrogen and oxygen atoms in total. The molecule has 0 bridgehead atoms. The first-order chi connectivity index (χ1) is 7.42. The molecule has 0 unspecified atom stereocenters. The monoisotopic (exact) mass is 242 g/mol. The van der Waals surface area contributed by atoms with Crippen molar-refractivity contribution in [1.29, 1.82) is 0 Å². The Balaban J connectivity index is 2.66. The standard InChI is InChI=1S/C10H14N2O3S/c1-12(5-6-16(2,14)15)10-4-3-9(8-13)7-11-10/h3-4,7-8H,5-6H2,1-2H3. The van der Waals surface area contributed by atoms with E-state index in [1.165, 1.54) is 12.5 Å². The minimum atomic E-state index is -2.97. The van der Waals surface area contributed by atoms with Crippen molar-refractivity contribution >= 4 is 21.9 Å². The molecule has 1 heterocycles. The van der Waals surface area contributed by atoms with Gasteiger partial charge in [-0.25, -0.2) is 13.4 Å². The molecule has 0 aliphatic heterocycles. The summed E-state index contributed by atoms with van der Waals surface area (Å²) >= 11 is 0. The molecule has 1 rings (SSSR count). The highest BCUT2D eigenvalue weighted by atomic mass is 32.2. The van der Waals surface area contributed by atoms with Crippen LogP contribution in [0.5, 0.6) is 0 Å². The fourth-order valence-electron chi connectivity index (χ4n) is 1.11. The van der Waals surface area contributed by atoms with Crippen LogP contribution in [0.15, 0.2) is 18.3 Å². The number of carbonyl (C=O) groups is 1. The lowest BCUT2D eigenvalue weighted by Crippen LogP contribution is -2.25. The van der Waals surface area contributed by atoms with E-state index in [0.29, 0.717) is 24.2 Å². The first-order valence-corrected chi connectivity index (χ1v) is 6.78. The minimum absolute atomic E-state index is 0.0839. The summed E-state index contributed by atoms with van der Waals surface area (Å²) in [6.07, 6.45) is 3.37. The fraction of sp³-hybridized carbons (Fsp3) is 0.400. The van der Waals surface area contributed by atoms with E-state index in [1.807, 2.05) is 0 Å². The number of hydrogen-bond acceptors (Lipinski definition) is 5. The number of carbonyl (C=O) groups excluding carboxylic acids is 1. The van der Waals surface area contributed by atoms with Gasteiger partial charge in [-0.3, -0.25) is 4.79 Å². The van der Waals surface area contributed by atoms with Gasteiger partial charge in [0.1, 0.15) is 15.7 Å². The second kappa shape index (κ2) is 5.07. The summed E-state index contributed by atoms with van der Waals surface area (Å²) in [7, 11) is -1.21. The van der Waals surface area contributed by atoms with Crippen molar-refractivity contribution in [3.63, 3.8) is 0 Å². The third-order valence-electron chi connectivity index (χ3n) is 2.10. The molecule has 0 radical (unpaired) electrons. The molecule has 0 N–H and O–H groups in total. The molecule has 1 aromatic heterocycles. The van der Waals surface area contributed by atoms with Gasteiger partial charge in [0.15, 0.2) is 6.29 Å². The topological polar surface area (TPSA) is 67.3 Å². The summed E-state index contributed by atoms with van der Waals surface area (Å²) in [4.78, 5) is 16.2. The summed E-state index contributed by atoms with van der Waals surface area (Å²) in [6, 6.07) is 3.33. The van der Waals surface area contributed by atoms with E-state index in [4.69, 9.17) is 0 Å². The number of nitrogens with zero attached hydrogens (tertiary/aromatic N) is 2. The largest absolute Gasteiger partial charge is 0.359 e. The van der Waals surface area contributed by atoms with Crippen molar-refractivity contribution < 1.29 is 13.2 Å². The van der Waals surface area contributed by atoms with Gasteiger partial charge < -0.3 is 4.90 Å². The van der Waals surface area contributed by atoms with E-state index in [2.05, 4.69) is 4.98 Å². The maximum absolute atomic E-state index is 11.0.